The lowest BCUT2D eigenvalue weighted by atomic mass is 9.97. The lowest BCUT2D eigenvalue weighted by Gasteiger charge is -2.26. The molecule has 0 aromatic heterocycles. The van der Waals surface area contributed by atoms with Gasteiger partial charge in [0.1, 0.15) is 0 Å². The number of ether oxygens (including phenoxy) is 1. The quantitative estimate of drug-likeness (QED) is 0.432. The third kappa shape index (κ3) is 5.49. The van der Waals surface area contributed by atoms with Gasteiger partial charge in [-0.05, 0) is 43.2 Å². The summed E-state index contributed by atoms with van der Waals surface area (Å²) >= 11 is 0. The number of aliphatic imine (C=N–C) groups is 1. The van der Waals surface area contributed by atoms with E-state index >= 15 is 0 Å². The third-order valence-corrected chi connectivity index (χ3v) is 5.02. The number of nitrogens with two attached hydrogens (primary N) is 1. The number of nitrogens with one attached hydrogen (secondary N) is 1. The first-order valence-electron chi connectivity index (χ1n) is 9.14. The van der Waals surface area contributed by atoms with Crippen LogP contribution in [-0.4, -0.2) is 56.8 Å². The predicted octanol–water partition coefficient (Wildman–Crippen LogP) is 1.64. The van der Waals surface area contributed by atoms with Crippen molar-refractivity contribution in [3.8, 4) is 0 Å². The number of nitrogens with zero attached hydrogens (tertiary/aromatic N) is 2. The van der Waals surface area contributed by atoms with Gasteiger partial charge in [0.2, 0.25) is 0 Å². The van der Waals surface area contributed by atoms with Crippen molar-refractivity contribution >= 4 is 5.96 Å². The van der Waals surface area contributed by atoms with Crippen LogP contribution in [0, 0.1) is 5.41 Å². The highest BCUT2D eigenvalue weighted by Crippen LogP contribution is 2.48. The molecule has 1 aliphatic heterocycles. The average Bonchev–Trinajstić information content (AvgIpc) is 3.39. The summed E-state index contributed by atoms with van der Waals surface area (Å²) in [5.74, 6) is 0.594. The van der Waals surface area contributed by atoms with Crippen molar-refractivity contribution in [3.05, 3.63) is 35.9 Å². The van der Waals surface area contributed by atoms with Crippen LogP contribution in [0.5, 0.6) is 0 Å². The minimum absolute atomic E-state index is 0.349. The summed E-state index contributed by atoms with van der Waals surface area (Å²) in [5, 5.41) is 3.26. The zero-order chi connectivity index (χ0) is 16.7. The van der Waals surface area contributed by atoms with Crippen LogP contribution >= 0.6 is 0 Å². The van der Waals surface area contributed by atoms with Gasteiger partial charge in [0.05, 0.1) is 13.2 Å². The van der Waals surface area contributed by atoms with Crippen molar-refractivity contribution in [1.29, 1.82) is 0 Å². The van der Waals surface area contributed by atoms with E-state index in [1.54, 1.807) is 0 Å². The topological polar surface area (TPSA) is 62.9 Å². The number of guanidine groups is 1. The number of morpholine rings is 1. The zero-order valence-electron chi connectivity index (χ0n) is 14.5. The Morgan fingerprint density at radius 2 is 1.96 bits per heavy atom. The molecule has 2 fully saturated rings. The lowest BCUT2D eigenvalue weighted by molar-refractivity contribution is 0.0376. The van der Waals surface area contributed by atoms with E-state index in [1.807, 2.05) is 0 Å². The first-order chi connectivity index (χ1) is 11.8. The Morgan fingerprint density at radius 1 is 1.21 bits per heavy atom. The second-order valence-corrected chi connectivity index (χ2v) is 7.10. The van der Waals surface area contributed by atoms with Crippen LogP contribution in [0.15, 0.2) is 35.3 Å². The summed E-state index contributed by atoms with van der Waals surface area (Å²) in [6.45, 7) is 6.64. The molecule has 0 atom stereocenters. The highest BCUT2D eigenvalue weighted by atomic mass is 16.5. The van der Waals surface area contributed by atoms with E-state index < -0.39 is 0 Å². The molecular formula is C19H30N4O. The van der Waals surface area contributed by atoms with E-state index in [2.05, 4.69) is 45.5 Å². The van der Waals surface area contributed by atoms with Crippen molar-refractivity contribution in [2.75, 3.05) is 45.9 Å². The molecule has 2 aliphatic rings. The number of hydrogen-bond acceptors (Lipinski definition) is 3. The van der Waals surface area contributed by atoms with E-state index in [0.29, 0.717) is 11.4 Å². The maximum absolute atomic E-state index is 6.03. The van der Waals surface area contributed by atoms with Gasteiger partial charge < -0.3 is 15.8 Å². The van der Waals surface area contributed by atoms with Crippen LogP contribution < -0.4 is 11.1 Å². The Bertz CT molecular complexity index is 521. The van der Waals surface area contributed by atoms with Crippen molar-refractivity contribution in [3.63, 3.8) is 0 Å². The molecule has 132 valence electrons. The molecule has 0 bridgehead atoms. The lowest BCUT2D eigenvalue weighted by Crippen LogP contribution is -2.39. The van der Waals surface area contributed by atoms with Gasteiger partial charge in [-0.25, -0.2) is 0 Å². The molecule has 0 radical (unpaired) electrons. The fourth-order valence-corrected chi connectivity index (χ4v) is 3.25. The summed E-state index contributed by atoms with van der Waals surface area (Å²) in [7, 11) is 0. The van der Waals surface area contributed by atoms with Crippen LogP contribution in [0.1, 0.15) is 24.8 Å². The normalized spacial score (nSPS) is 20.8. The van der Waals surface area contributed by atoms with Gasteiger partial charge in [-0.15, -0.1) is 0 Å². The maximum Gasteiger partial charge on any atom is 0.188 e. The Morgan fingerprint density at radius 3 is 2.67 bits per heavy atom. The van der Waals surface area contributed by atoms with Gasteiger partial charge in [0, 0.05) is 26.2 Å². The van der Waals surface area contributed by atoms with E-state index in [9.17, 15) is 0 Å². The van der Waals surface area contributed by atoms with Crippen LogP contribution in [0.2, 0.25) is 0 Å². The molecule has 1 aromatic rings. The molecule has 1 saturated heterocycles. The van der Waals surface area contributed by atoms with Crippen LogP contribution in [0.25, 0.3) is 0 Å². The second kappa shape index (κ2) is 8.49. The molecule has 24 heavy (non-hydrogen) atoms. The van der Waals surface area contributed by atoms with Crippen LogP contribution in [-0.2, 0) is 11.2 Å². The summed E-state index contributed by atoms with van der Waals surface area (Å²) in [5.41, 5.74) is 7.78. The minimum Gasteiger partial charge on any atom is -0.379 e. The minimum atomic E-state index is 0.349. The summed E-state index contributed by atoms with van der Waals surface area (Å²) in [4.78, 5) is 7.03. The van der Waals surface area contributed by atoms with Crippen molar-refractivity contribution in [1.82, 2.24) is 10.2 Å². The van der Waals surface area contributed by atoms with E-state index in [0.717, 1.165) is 58.8 Å². The fourth-order valence-electron chi connectivity index (χ4n) is 3.25. The standard InChI is InChI=1S/C19H30N4O/c20-18(21-9-4-10-23-11-13-24-14-12-23)22-16-19(7-8-19)15-17-5-2-1-3-6-17/h1-3,5-6H,4,7-16H2,(H3,20,21,22). The van der Waals surface area contributed by atoms with Gasteiger partial charge in [0.25, 0.3) is 0 Å². The summed E-state index contributed by atoms with van der Waals surface area (Å²) in [6, 6.07) is 10.7. The Balaban J connectivity index is 1.33. The van der Waals surface area contributed by atoms with Gasteiger partial charge in [0.15, 0.2) is 5.96 Å². The van der Waals surface area contributed by atoms with E-state index in [1.165, 1.54) is 18.4 Å². The highest BCUT2D eigenvalue weighted by molar-refractivity contribution is 5.77. The van der Waals surface area contributed by atoms with Gasteiger partial charge >= 0.3 is 0 Å². The molecule has 0 unspecified atom stereocenters. The largest absolute Gasteiger partial charge is 0.379 e. The summed E-state index contributed by atoms with van der Waals surface area (Å²) in [6.07, 6.45) is 4.72. The van der Waals surface area contributed by atoms with Gasteiger partial charge in [-0.1, -0.05) is 30.3 Å². The van der Waals surface area contributed by atoms with Gasteiger partial charge in [-0.2, -0.15) is 0 Å². The van der Waals surface area contributed by atoms with Crippen LogP contribution in [0.3, 0.4) is 0 Å². The predicted molar refractivity (Wildman–Crippen MR) is 98.2 cm³/mol. The number of rotatable bonds is 8. The zero-order valence-corrected chi connectivity index (χ0v) is 14.5. The van der Waals surface area contributed by atoms with Crippen LogP contribution in [0.4, 0.5) is 0 Å². The highest BCUT2D eigenvalue weighted by Gasteiger charge is 2.42. The average molecular weight is 330 g/mol. The smallest absolute Gasteiger partial charge is 0.188 e. The molecule has 1 heterocycles. The maximum atomic E-state index is 6.03. The van der Waals surface area contributed by atoms with E-state index in [-0.39, 0.29) is 0 Å². The Labute approximate surface area is 145 Å². The molecule has 3 N–H and O–H groups in total. The Kier molecular flexibility index (Phi) is 6.10. The third-order valence-electron chi connectivity index (χ3n) is 5.02. The van der Waals surface area contributed by atoms with E-state index in [4.69, 9.17) is 10.5 Å². The van der Waals surface area contributed by atoms with Crippen molar-refractivity contribution in [2.24, 2.45) is 16.1 Å². The monoisotopic (exact) mass is 330 g/mol. The second-order valence-electron chi connectivity index (χ2n) is 7.10. The first-order valence-corrected chi connectivity index (χ1v) is 9.14. The molecule has 1 saturated carbocycles. The first kappa shape index (κ1) is 17.2. The molecular weight excluding hydrogens is 300 g/mol. The fraction of sp³-hybridized carbons (Fsp3) is 0.632. The summed E-state index contributed by atoms with van der Waals surface area (Å²) < 4.78 is 5.36. The molecule has 5 heteroatoms. The van der Waals surface area contributed by atoms with Crippen molar-refractivity contribution < 1.29 is 4.74 Å². The molecule has 0 amide bonds. The number of benzene rings is 1. The molecule has 1 aliphatic carbocycles. The van der Waals surface area contributed by atoms with Gasteiger partial charge in [-0.3, -0.25) is 9.89 Å². The Hall–Kier alpha value is -1.59. The van der Waals surface area contributed by atoms with Crippen molar-refractivity contribution in [2.45, 2.75) is 25.7 Å². The molecule has 5 nitrogen and oxygen atoms in total. The molecule has 1 aromatic carbocycles. The molecule has 0 spiro atoms. The molecule has 3 rings (SSSR count). The SMILES string of the molecule is NC(=NCC1(Cc2ccccc2)CC1)NCCCN1CCOCC1. The number of hydrogen-bond donors (Lipinski definition) is 2.